The first-order chi connectivity index (χ1) is 17.9. The monoisotopic (exact) mass is 497 g/mol. The number of ketones is 1. The molecule has 0 spiro atoms. The van der Waals surface area contributed by atoms with Crippen LogP contribution in [0, 0.1) is 0 Å². The van der Waals surface area contributed by atoms with Crippen molar-refractivity contribution in [3.8, 4) is 11.5 Å². The fourth-order valence-corrected chi connectivity index (χ4v) is 5.02. The molecule has 1 N–H and O–H groups in total. The molecule has 2 aliphatic rings. The third-order valence-corrected chi connectivity index (χ3v) is 6.89. The second-order valence-electron chi connectivity index (χ2n) is 9.57. The van der Waals surface area contributed by atoms with Crippen LogP contribution in [0.15, 0.2) is 72.3 Å². The summed E-state index contributed by atoms with van der Waals surface area (Å²) in [6.45, 7) is 6.63. The van der Waals surface area contributed by atoms with Gasteiger partial charge in [-0.25, -0.2) is 0 Å². The molecular formula is C31H31NO5. The molecule has 5 rings (SSSR count). The number of ether oxygens (including phenoxy) is 2. The van der Waals surface area contributed by atoms with E-state index < -0.39 is 17.7 Å². The van der Waals surface area contributed by atoms with Gasteiger partial charge in [-0.05, 0) is 66.8 Å². The van der Waals surface area contributed by atoms with Crippen molar-refractivity contribution in [3.63, 3.8) is 0 Å². The van der Waals surface area contributed by atoms with Crippen molar-refractivity contribution >= 4 is 23.1 Å². The third-order valence-electron chi connectivity index (χ3n) is 6.89. The van der Waals surface area contributed by atoms with Gasteiger partial charge >= 0.3 is 0 Å². The summed E-state index contributed by atoms with van der Waals surface area (Å²) in [6.07, 6.45) is 2.49. The molecule has 0 aliphatic carbocycles. The maximum absolute atomic E-state index is 13.5. The maximum Gasteiger partial charge on any atom is 0.300 e. The second-order valence-corrected chi connectivity index (χ2v) is 9.57. The quantitative estimate of drug-likeness (QED) is 0.247. The zero-order valence-electron chi connectivity index (χ0n) is 21.4. The Morgan fingerprint density at radius 2 is 1.84 bits per heavy atom. The van der Waals surface area contributed by atoms with Crippen LogP contribution in [-0.2, 0) is 22.4 Å². The molecular weight excluding hydrogens is 466 g/mol. The van der Waals surface area contributed by atoms with E-state index in [1.54, 1.807) is 24.3 Å². The molecule has 2 unspecified atom stereocenters. The fraction of sp³-hybridized carbons (Fsp3) is 0.290. The van der Waals surface area contributed by atoms with Crippen LogP contribution in [-0.4, -0.2) is 29.5 Å². The number of hydrogen-bond donors (Lipinski definition) is 1. The molecule has 3 aromatic rings. The van der Waals surface area contributed by atoms with Crippen LogP contribution in [0.3, 0.4) is 0 Å². The van der Waals surface area contributed by atoms with Gasteiger partial charge in [-0.1, -0.05) is 44.2 Å². The minimum absolute atomic E-state index is 0.0530. The molecule has 0 bridgehead atoms. The van der Waals surface area contributed by atoms with Crippen LogP contribution in [0.25, 0.3) is 5.76 Å². The number of carbonyl (C=O) groups is 2. The zero-order valence-corrected chi connectivity index (χ0v) is 21.4. The first-order valence-corrected chi connectivity index (χ1v) is 12.8. The molecule has 3 aromatic carbocycles. The highest BCUT2D eigenvalue weighted by Gasteiger charge is 2.47. The summed E-state index contributed by atoms with van der Waals surface area (Å²) in [6, 6.07) is 19.6. The topological polar surface area (TPSA) is 76.1 Å². The van der Waals surface area contributed by atoms with Crippen molar-refractivity contribution in [2.75, 3.05) is 11.5 Å². The van der Waals surface area contributed by atoms with E-state index in [9.17, 15) is 14.7 Å². The average molecular weight is 498 g/mol. The predicted octanol–water partition coefficient (Wildman–Crippen LogP) is 5.99. The SMILES string of the molecule is CCCOc1cccc(N2C(=O)C(=O)/C(=C(\O)c3ccc4c(c3)CC(C)O4)C2c2ccc(CC)cc2)c1. The van der Waals surface area contributed by atoms with E-state index in [1.807, 2.05) is 56.3 Å². The van der Waals surface area contributed by atoms with Crippen molar-refractivity contribution in [1.82, 2.24) is 0 Å². The number of Topliss-reactive ketones (excluding diaryl/α,β-unsaturated/α-hetero) is 1. The maximum atomic E-state index is 13.5. The summed E-state index contributed by atoms with van der Waals surface area (Å²) in [4.78, 5) is 28.4. The Morgan fingerprint density at radius 3 is 2.57 bits per heavy atom. The number of aryl methyl sites for hydroxylation is 1. The molecule has 0 saturated carbocycles. The van der Waals surface area contributed by atoms with Crippen LogP contribution >= 0.6 is 0 Å². The predicted molar refractivity (Wildman–Crippen MR) is 143 cm³/mol. The molecule has 2 aliphatic heterocycles. The van der Waals surface area contributed by atoms with Crippen LogP contribution in [0.2, 0.25) is 0 Å². The first-order valence-electron chi connectivity index (χ1n) is 12.8. The molecule has 1 fully saturated rings. The normalized spacial score (nSPS) is 20.1. The van der Waals surface area contributed by atoms with Crippen molar-refractivity contribution < 1.29 is 24.2 Å². The van der Waals surface area contributed by atoms with Gasteiger partial charge in [0.15, 0.2) is 0 Å². The number of aliphatic hydroxyl groups is 1. The number of nitrogens with zero attached hydrogens (tertiary/aromatic N) is 1. The Hall–Kier alpha value is -4.06. The van der Waals surface area contributed by atoms with Gasteiger partial charge in [-0.15, -0.1) is 0 Å². The summed E-state index contributed by atoms with van der Waals surface area (Å²) in [5.74, 6) is -0.190. The molecule has 2 atom stereocenters. The Bertz CT molecular complexity index is 1370. The number of anilines is 1. The highest BCUT2D eigenvalue weighted by molar-refractivity contribution is 6.51. The molecule has 6 nitrogen and oxygen atoms in total. The Labute approximate surface area is 217 Å². The molecule has 1 saturated heterocycles. The second kappa shape index (κ2) is 10.1. The van der Waals surface area contributed by atoms with Gasteiger partial charge in [0.2, 0.25) is 0 Å². The number of aliphatic hydroxyl groups excluding tert-OH is 1. The molecule has 37 heavy (non-hydrogen) atoms. The van der Waals surface area contributed by atoms with Crippen LogP contribution in [0.4, 0.5) is 5.69 Å². The zero-order chi connectivity index (χ0) is 26.1. The van der Waals surface area contributed by atoms with Crippen molar-refractivity contribution in [2.45, 2.75) is 52.2 Å². The standard InChI is InChI=1S/C31H31NO5/c1-4-15-36-25-8-6-7-24(18-25)32-28(21-11-9-20(5-2)10-12-21)27(30(34)31(32)35)29(33)22-13-14-26-23(17-22)16-19(3)37-26/h6-14,17-19,28,33H,4-5,15-16H2,1-3H3/b29-27-. The van der Waals surface area contributed by atoms with Gasteiger partial charge in [-0.3, -0.25) is 14.5 Å². The van der Waals surface area contributed by atoms with E-state index >= 15 is 0 Å². The summed E-state index contributed by atoms with van der Waals surface area (Å²) in [5, 5.41) is 11.5. The summed E-state index contributed by atoms with van der Waals surface area (Å²) in [5.41, 5.74) is 3.95. The highest BCUT2D eigenvalue weighted by atomic mass is 16.5. The Kier molecular flexibility index (Phi) is 6.74. The molecule has 0 aromatic heterocycles. The molecule has 2 heterocycles. The summed E-state index contributed by atoms with van der Waals surface area (Å²) >= 11 is 0. The van der Waals surface area contributed by atoms with E-state index in [1.165, 1.54) is 4.90 Å². The lowest BCUT2D eigenvalue weighted by atomic mass is 9.93. The lowest BCUT2D eigenvalue weighted by Gasteiger charge is -2.26. The van der Waals surface area contributed by atoms with Crippen LogP contribution in [0.1, 0.15) is 55.5 Å². The van der Waals surface area contributed by atoms with E-state index in [0.29, 0.717) is 23.6 Å². The minimum Gasteiger partial charge on any atom is -0.507 e. The Balaban J connectivity index is 1.64. The van der Waals surface area contributed by atoms with E-state index in [0.717, 1.165) is 41.7 Å². The number of amides is 1. The lowest BCUT2D eigenvalue weighted by molar-refractivity contribution is -0.132. The van der Waals surface area contributed by atoms with Gasteiger partial charge in [0.05, 0.1) is 18.2 Å². The van der Waals surface area contributed by atoms with Gasteiger partial charge in [-0.2, -0.15) is 0 Å². The largest absolute Gasteiger partial charge is 0.507 e. The molecule has 1 amide bonds. The average Bonchev–Trinajstić information content (AvgIpc) is 3.42. The summed E-state index contributed by atoms with van der Waals surface area (Å²) in [7, 11) is 0. The van der Waals surface area contributed by atoms with Gasteiger partial charge in [0.1, 0.15) is 23.4 Å². The minimum atomic E-state index is -0.782. The first kappa shape index (κ1) is 24.6. The summed E-state index contributed by atoms with van der Waals surface area (Å²) < 4.78 is 11.6. The third kappa shape index (κ3) is 4.59. The number of hydrogen-bond acceptors (Lipinski definition) is 5. The van der Waals surface area contributed by atoms with E-state index in [4.69, 9.17) is 9.47 Å². The smallest absolute Gasteiger partial charge is 0.300 e. The lowest BCUT2D eigenvalue weighted by Crippen LogP contribution is -2.29. The van der Waals surface area contributed by atoms with Gasteiger partial charge < -0.3 is 14.6 Å². The number of fused-ring (bicyclic) bond motifs is 1. The van der Waals surface area contributed by atoms with E-state index in [-0.39, 0.29) is 17.4 Å². The molecule has 190 valence electrons. The van der Waals surface area contributed by atoms with Gasteiger partial charge in [0.25, 0.3) is 11.7 Å². The van der Waals surface area contributed by atoms with Crippen LogP contribution in [0.5, 0.6) is 11.5 Å². The number of benzene rings is 3. The highest BCUT2D eigenvalue weighted by Crippen LogP contribution is 2.43. The van der Waals surface area contributed by atoms with Crippen molar-refractivity contribution in [1.29, 1.82) is 0 Å². The number of carbonyl (C=O) groups excluding carboxylic acids is 2. The van der Waals surface area contributed by atoms with Crippen LogP contribution < -0.4 is 14.4 Å². The number of rotatable bonds is 7. The van der Waals surface area contributed by atoms with Crippen molar-refractivity contribution in [2.24, 2.45) is 0 Å². The molecule has 0 radical (unpaired) electrons. The van der Waals surface area contributed by atoms with E-state index in [2.05, 4.69) is 6.92 Å². The Morgan fingerprint density at radius 1 is 1.05 bits per heavy atom. The fourth-order valence-electron chi connectivity index (χ4n) is 5.02. The van der Waals surface area contributed by atoms with Gasteiger partial charge in [0, 0.05) is 23.7 Å². The van der Waals surface area contributed by atoms with Crippen molar-refractivity contribution in [3.05, 3.63) is 94.6 Å². The molecule has 6 heteroatoms.